The molecule has 0 aromatic carbocycles. The number of carbonyl (C=O) groups excluding carboxylic acids is 1. The second-order valence-electron chi connectivity index (χ2n) is 5.56. The third-order valence-electron chi connectivity index (χ3n) is 4.39. The molecular weight excluding hydrogens is 228 g/mol. The minimum atomic E-state index is -0.656. The molecule has 106 valence electrons. The number of nitrogens with two attached hydrogens (primary N) is 1. The Morgan fingerprint density at radius 2 is 2.11 bits per heavy atom. The van der Waals surface area contributed by atoms with Crippen molar-refractivity contribution < 1.29 is 9.53 Å². The zero-order valence-electron chi connectivity index (χ0n) is 12.0. The number of rotatable bonds is 7. The number of ether oxygens (including phenoxy) is 1. The normalized spacial score (nSPS) is 27.7. The molecule has 0 heterocycles. The van der Waals surface area contributed by atoms with Crippen LogP contribution in [0.25, 0.3) is 0 Å². The van der Waals surface area contributed by atoms with E-state index in [0.717, 1.165) is 6.42 Å². The lowest BCUT2D eigenvalue weighted by atomic mass is 9.84. The number of hydrogen-bond donors (Lipinski definition) is 2. The quantitative estimate of drug-likeness (QED) is 0.730. The van der Waals surface area contributed by atoms with Crippen molar-refractivity contribution in [2.45, 2.75) is 64.0 Å². The molecule has 18 heavy (non-hydrogen) atoms. The maximum absolute atomic E-state index is 11.4. The van der Waals surface area contributed by atoms with Crippen LogP contribution in [0.4, 0.5) is 0 Å². The third kappa shape index (κ3) is 3.95. The van der Waals surface area contributed by atoms with E-state index in [1.54, 1.807) is 7.05 Å². The van der Waals surface area contributed by atoms with Crippen molar-refractivity contribution in [1.82, 2.24) is 5.32 Å². The highest BCUT2D eigenvalue weighted by Gasteiger charge is 2.30. The van der Waals surface area contributed by atoms with Crippen LogP contribution in [0.5, 0.6) is 0 Å². The average molecular weight is 256 g/mol. The Morgan fingerprint density at radius 1 is 1.44 bits per heavy atom. The van der Waals surface area contributed by atoms with E-state index in [9.17, 15) is 4.79 Å². The molecule has 3 unspecified atom stereocenters. The summed E-state index contributed by atoms with van der Waals surface area (Å²) in [6.45, 7) is 4.66. The van der Waals surface area contributed by atoms with Crippen LogP contribution in [0.2, 0.25) is 0 Å². The second kappa shape index (κ2) is 7.10. The predicted molar refractivity (Wildman–Crippen MR) is 73.3 cm³/mol. The Bertz CT molecular complexity index is 271. The lowest BCUT2D eigenvalue weighted by molar-refractivity contribution is -0.125. The summed E-state index contributed by atoms with van der Waals surface area (Å²) in [6.07, 6.45) is 7.22. The maximum Gasteiger partial charge on any atom is 0.237 e. The first-order chi connectivity index (χ1) is 8.53. The van der Waals surface area contributed by atoms with Gasteiger partial charge in [0.25, 0.3) is 0 Å². The van der Waals surface area contributed by atoms with Crippen LogP contribution in [-0.2, 0) is 9.53 Å². The van der Waals surface area contributed by atoms with Crippen LogP contribution in [0, 0.1) is 5.92 Å². The van der Waals surface area contributed by atoms with E-state index in [0.29, 0.717) is 25.0 Å². The third-order valence-corrected chi connectivity index (χ3v) is 4.39. The van der Waals surface area contributed by atoms with E-state index in [4.69, 9.17) is 10.5 Å². The van der Waals surface area contributed by atoms with Gasteiger partial charge in [-0.15, -0.1) is 0 Å². The van der Waals surface area contributed by atoms with Gasteiger partial charge in [-0.1, -0.05) is 26.2 Å². The van der Waals surface area contributed by atoms with Crippen molar-refractivity contribution in [1.29, 1.82) is 0 Å². The molecule has 3 N–H and O–H groups in total. The largest absolute Gasteiger partial charge is 0.378 e. The number of nitrogens with one attached hydrogen (secondary N) is 1. The van der Waals surface area contributed by atoms with E-state index in [1.165, 1.54) is 25.7 Å². The van der Waals surface area contributed by atoms with Gasteiger partial charge in [0.1, 0.15) is 0 Å². The van der Waals surface area contributed by atoms with E-state index in [2.05, 4.69) is 12.2 Å². The molecule has 0 aromatic heterocycles. The SMILES string of the molecule is CCC1CCCCC1OCCC(C)(NC)C(N)=O. The lowest BCUT2D eigenvalue weighted by Gasteiger charge is -2.32. The minimum absolute atomic E-state index is 0.315. The molecule has 0 aliphatic heterocycles. The first-order valence-electron chi connectivity index (χ1n) is 7.14. The van der Waals surface area contributed by atoms with Crippen molar-refractivity contribution in [3.05, 3.63) is 0 Å². The van der Waals surface area contributed by atoms with E-state index < -0.39 is 5.54 Å². The monoisotopic (exact) mass is 256 g/mol. The van der Waals surface area contributed by atoms with Gasteiger partial charge in [0, 0.05) is 6.61 Å². The van der Waals surface area contributed by atoms with Gasteiger partial charge in [-0.3, -0.25) is 4.79 Å². The van der Waals surface area contributed by atoms with Crippen molar-refractivity contribution >= 4 is 5.91 Å². The summed E-state index contributed by atoms with van der Waals surface area (Å²) in [4.78, 5) is 11.4. The van der Waals surface area contributed by atoms with Gasteiger partial charge in [-0.25, -0.2) is 0 Å². The standard InChI is InChI=1S/C14H28N2O2/c1-4-11-7-5-6-8-12(11)18-10-9-14(2,16-3)13(15)17/h11-12,16H,4-10H2,1-3H3,(H2,15,17). The van der Waals surface area contributed by atoms with Crippen LogP contribution in [0.3, 0.4) is 0 Å². The maximum atomic E-state index is 11.4. The molecule has 0 spiro atoms. The smallest absolute Gasteiger partial charge is 0.237 e. The summed E-state index contributed by atoms with van der Waals surface area (Å²) in [5.74, 6) is 0.373. The van der Waals surface area contributed by atoms with E-state index in [1.807, 2.05) is 6.92 Å². The fraction of sp³-hybridized carbons (Fsp3) is 0.929. The van der Waals surface area contributed by atoms with Gasteiger partial charge in [0.05, 0.1) is 11.6 Å². The predicted octanol–water partition coefficient (Wildman–Crippen LogP) is 1.83. The van der Waals surface area contributed by atoms with Gasteiger partial charge in [0.2, 0.25) is 5.91 Å². The van der Waals surface area contributed by atoms with E-state index >= 15 is 0 Å². The first kappa shape index (κ1) is 15.4. The lowest BCUT2D eigenvalue weighted by Crippen LogP contribution is -2.52. The molecule has 1 rings (SSSR count). The van der Waals surface area contributed by atoms with Crippen molar-refractivity contribution in [3.63, 3.8) is 0 Å². The summed E-state index contributed by atoms with van der Waals surface area (Å²) < 4.78 is 5.99. The number of primary amides is 1. The molecule has 3 atom stereocenters. The summed E-state index contributed by atoms with van der Waals surface area (Å²) >= 11 is 0. The molecule has 1 fully saturated rings. The van der Waals surface area contributed by atoms with Gasteiger partial charge in [-0.2, -0.15) is 0 Å². The van der Waals surface area contributed by atoms with Crippen LogP contribution in [0.1, 0.15) is 52.4 Å². The summed E-state index contributed by atoms with van der Waals surface area (Å²) in [7, 11) is 1.76. The molecule has 0 radical (unpaired) electrons. The molecule has 0 aromatic rings. The molecular formula is C14H28N2O2. The van der Waals surface area contributed by atoms with Crippen LogP contribution >= 0.6 is 0 Å². The topological polar surface area (TPSA) is 64.3 Å². The second-order valence-corrected chi connectivity index (χ2v) is 5.56. The molecule has 0 saturated heterocycles. The highest BCUT2D eigenvalue weighted by atomic mass is 16.5. The van der Waals surface area contributed by atoms with Crippen LogP contribution < -0.4 is 11.1 Å². The molecule has 4 nitrogen and oxygen atoms in total. The summed E-state index contributed by atoms with van der Waals surface area (Å²) in [5, 5.41) is 2.99. The minimum Gasteiger partial charge on any atom is -0.378 e. The van der Waals surface area contributed by atoms with Crippen molar-refractivity contribution in [3.8, 4) is 0 Å². The highest BCUT2D eigenvalue weighted by Crippen LogP contribution is 2.29. The Hall–Kier alpha value is -0.610. The van der Waals surface area contributed by atoms with Gasteiger partial charge < -0.3 is 15.8 Å². The number of amides is 1. The van der Waals surface area contributed by atoms with Crippen molar-refractivity contribution in [2.24, 2.45) is 11.7 Å². The molecule has 1 amide bonds. The highest BCUT2D eigenvalue weighted by molar-refractivity contribution is 5.84. The average Bonchev–Trinajstić information content (AvgIpc) is 2.38. The molecule has 1 saturated carbocycles. The first-order valence-corrected chi connectivity index (χ1v) is 7.14. The zero-order chi connectivity index (χ0) is 13.6. The number of likely N-dealkylation sites (N-methyl/N-ethyl adjacent to an activating group) is 1. The van der Waals surface area contributed by atoms with Gasteiger partial charge >= 0.3 is 0 Å². The van der Waals surface area contributed by atoms with Gasteiger partial charge in [0.15, 0.2) is 0 Å². The van der Waals surface area contributed by atoms with E-state index in [-0.39, 0.29) is 5.91 Å². The Labute approximate surface area is 111 Å². The summed E-state index contributed by atoms with van der Waals surface area (Å²) in [6, 6.07) is 0. The molecule has 0 bridgehead atoms. The Kier molecular flexibility index (Phi) is 6.09. The van der Waals surface area contributed by atoms with Crippen molar-refractivity contribution in [2.75, 3.05) is 13.7 Å². The number of hydrogen-bond acceptors (Lipinski definition) is 3. The van der Waals surface area contributed by atoms with Crippen LogP contribution in [-0.4, -0.2) is 31.2 Å². The number of carbonyl (C=O) groups is 1. The van der Waals surface area contributed by atoms with Gasteiger partial charge in [-0.05, 0) is 39.2 Å². The fourth-order valence-corrected chi connectivity index (χ4v) is 2.65. The zero-order valence-corrected chi connectivity index (χ0v) is 12.0. The molecule has 1 aliphatic carbocycles. The van der Waals surface area contributed by atoms with Crippen LogP contribution in [0.15, 0.2) is 0 Å². The Morgan fingerprint density at radius 3 is 2.67 bits per heavy atom. The Balaban J connectivity index is 2.38. The molecule has 4 heteroatoms. The summed E-state index contributed by atoms with van der Waals surface area (Å²) in [5.41, 5.74) is 4.74. The molecule has 1 aliphatic rings. The fourth-order valence-electron chi connectivity index (χ4n) is 2.65.